The maximum atomic E-state index is 12.6. The van der Waals surface area contributed by atoms with E-state index in [1.165, 1.54) is 154 Å². The minimum atomic E-state index is -4.29. The van der Waals surface area contributed by atoms with E-state index >= 15 is 0 Å². The quantitative estimate of drug-likeness (QED) is 0.0372. The molecule has 0 bridgehead atoms. The molecule has 0 aromatic carbocycles. The number of phosphoric ester groups is 1. The highest BCUT2D eigenvalue weighted by molar-refractivity contribution is 7.47. The maximum Gasteiger partial charge on any atom is 0.472 e. The number of phosphoric acid groups is 1. The van der Waals surface area contributed by atoms with Crippen molar-refractivity contribution in [3.63, 3.8) is 0 Å². The second-order valence-electron chi connectivity index (χ2n) is 14.3. The zero-order valence-corrected chi connectivity index (χ0v) is 35.2. The minimum absolute atomic E-state index is 0.0597. The van der Waals surface area contributed by atoms with E-state index in [0.29, 0.717) is 38.9 Å². The van der Waals surface area contributed by atoms with Crippen molar-refractivity contribution in [3.8, 4) is 0 Å². The summed E-state index contributed by atoms with van der Waals surface area (Å²) in [6.07, 6.45) is 36.1. The Balaban J connectivity index is 4.12. The predicted octanol–water partition coefficient (Wildman–Crippen LogP) is 12.8. The Bertz CT molecular complexity index is 669. The molecule has 0 saturated carbocycles. The number of unbranched alkanes of at least 4 members (excludes halogenated alkanes) is 26. The van der Waals surface area contributed by atoms with Gasteiger partial charge in [0.2, 0.25) is 0 Å². The molecule has 0 saturated heterocycles. The van der Waals surface area contributed by atoms with Crippen LogP contribution in [0.4, 0.5) is 0 Å². The molecule has 0 aromatic rings. The van der Waals surface area contributed by atoms with Crippen molar-refractivity contribution in [2.75, 3.05) is 65.3 Å². The van der Waals surface area contributed by atoms with E-state index in [1.807, 2.05) is 0 Å². The van der Waals surface area contributed by atoms with Gasteiger partial charge < -0.3 is 23.8 Å². The van der Waals surface area contributed by atoms with Gasteiger partial charge in [0.05, 0.1) is 46.2 Å². The van der Waals surface area contributed by atoms with Gasteiger partial charge in [0.15, 0.2) is 0 Å². The summed E-state index contributed by atoms with van der Waals surface area (Å²) in [5.41, 5.74) is 0. The zero-order valence-electron chi connectivity index (χ0n) is 33.6. The molecule has 51 heavy (non-hydrogen) atoms. The average Bonchev–Trinajstić information content (AvgIpc) is 3.12. The summed E-state index contributed by atoms with van der Waals surface area (Å²) in [5.74, 6) is 0.432. The molecule has 1 atom stereocenters. The molecule has 8 nitrogen and oxygen atoms in total. The van der Waals surface area contributed by atoms with E-state index in [4.69, 9.17) is 39.6 Å². The molecule has 0 radical (unpaired) electrons. The molecule has 0 aliphatic heterocycles. The fourth-order valence-electron chi connectivity index (χ4n) is 6.14. The van der Waals surface area contributed by atoms with Crippen LogP contribution in [0.1, 0.15) is 194 Å². The zero-order chi connectivity index (χ0) is 37.2. The molecule has 0 aliphatic rings. The van der Waals surface area contributed by atoms with Crippen molar-refractivity contribution in [3.05, 3.63) is 0 Å². The van der Waals surface area contributed by atoms with E-state index in [0.717, 1.165) is 25.7 Å². The van der Waals surface area contributed by atoms with Crippen molar-refractivity contribution >= 4 is 19.4 Å². The molecular formula is C41H84ClO8P. The second-order valence-corrected chi connectivity index (χ2v) is 16.1. The van der Waals surface area contributed by atoms with Gasteiger partial charge in [-0.3, -0.25) is 9.05 Å². The number of hydrogen-bond donors (Lipinski definition) is 1. The molecule has 0 aliphatic carbocycles. The van der Waals surface area contributed by atoms with Crippen LogP contribution in [0.3, 0.4) is 0 Å². The summed E-state index contributed by atoms with van der Waals surface area (Å²) in [6, 6.07) is 0. The molecule has 1 N–H and O–H groups in total. The van der Waals surface area contributed by atoms with Crippen molar-refractivity contribution < 1.29 is 37.5 Å². The van der Waals surface area contributed by atoms with Crippen molar-refractivity contribution in [2.24, 2.45) is 0 Å². The lowest BCUT2D eigenvalue weighted by atomic mass is 10.0. The van der Waals surface area contributed by atoms with Crippen LogP contribution in [0.15, 0.2) is 0 Å². The molecule has 0 rings (SSSR count). The lowest BCUT2D eigenvalue weighted by Gasteiger charge is -2.21. The summed E-state index contributed by atoms with van der Waals surface area (Å²) >= 11 is 5.58. The summed E-state index contributed by atoms with van der Waals surface area (Å²) in [5, 5.41) is 0. The summed E-state index contributed by atoms with van der Waals surface area (Å²) in [6.45, 7) is 7.48. The van der Waals surface area contributed by atoms with E-state index < -0.39 is 13.9 Å². The largest absolute Gasteiger partial charge is 0.472 e. The highest BCUT2D eigenvalue weighted by atomic mass is 35.5. The van der Waals surface area contributed by atoms with Crippen molar-refractivity contribution in [2.45, 2.75) is 200 Å². The lowest BCUT2D eigenvalue weighted by Crippen LogP contribution is -2.26. The molecule has 0 heterocycles. The van der Waals surface area contributed by atoms with Gasteiger partial charge in [0, 0.05) is 19.1 Å². The number of hydrogen-bond acceptors (Lipinski definition) is 7. The normalized spacial score (nSPS) is 13.0. The molecule has 308 valence electrons. The topological polar surface area (TPSA) is 92.7 Å². The first-order chi connectivity index (χ1) is 25.1. The van der Waals surface area contributed by atoms with E-state index in [2.05, 4.69) is 13.8 Å². The first-order valence-electron chi connectivity index (χ1n) is 21.6. The number of ether oxygens (including phenoxy) is 4. The van der Waals surface area contributed by atoms with Crippen LogP contribution in [-0.4, -0.2) is 76.3 Å². The first-order valence-corrected chi connectivity index (χ1v) is 23.6. The standard InChI is InChI=1S/C41H84ClO8P/c1-3-5-7-9-11-13-15-17-19-21-23-25-27-29-32-47-39-41(50-51(43,44)49-38-37-46-36-35-45-34-31-42)40-48-33-30-28-26-24-22-20-18-16-14-12-10-8-6-4-2/h41H,3-40H2,1-2H3,(H,43,44). The summed E-state index contributed by atoms with van der Waals surface area (Å²) in [7, 11) is -4.29. The maximum absolute atomic E-state index is 12.6. The number of halogens is 1. The van der Waals surface area contributed by atoms with Crippen LogP contribution >= 0.6 is 19.4 Å². The third-order valence-electron chi connectivity index (χ3n) is 9.25. The van der Waals surface area contributed by atoms with E-state index in [9.17, 15) is 9.46 Å². The van der Waals surface area contributed by atoms with Crippen LogP contribution in [0.25, 0.3) is 0 Å². The minimum Gasteiger partial charge on any atom is -0.379 e. The van der Waals surface area contributed by atoms with Gasteiger partial charge in [0.25, 0.3) is 0 Å². The third-order valence-corrected chi connectivity index (χ3v) is 10.5. The number of alkyl halides is 1. The molecule has 0 aromatic heterocycles. The van der Waals surface area contributed by atoms with Crippen molar-refractivity contribution in [1.82, 2.24) is 0 Å². The summed E-state index contributed by atoms with van der Waals surface area (Å²) in [4.78, 5) is 10.3. The highest BCUT2D eigenvalue weighted by Gasteiger charge is 2.27. The van der Waals surface area contributed by atoms with Crippen molar-refractivity contribution in [1.29, 1.82) is 0 Å². The predicted molar refractivity (Wildman–Crippen MR) is 215 cm³/mol. The third kappa shape index (κ3) is 42.8. The van der Waals surface area contributed by atoms with Gasteiger partial charge in [-0.15, -0.1) is 11.6 Å². The van der Waals surface area contributed by atoms with Gasteiger partial charge in [-0.05, 0) is 12.8 Å². The Morgan fingerprint density at radius 1 is 0.431 bits per heavy atom. The fraction of sp³-hybridized carbons (Fsp3) is 1.00. The van der Waals surface area contributed by atoms with Gasteiger partial charge in [-0.1, -0.05) is 181 Å². The Morgan fingerprint density at radius 3 is 1.10 bits per heavy atom. The average molecular weight is 772 g/mol. The Morgan fingerprint density at radius 2 is 0.745 bits per heavy atom. The molecule has 10 heteroatoms. The van der Waals surface area contributed by atoms with Gasteiger partial charge in [0.1, 0.15) is 6.10 Å². The molecule has 0 spiro atoms. The monoisotopic (exact) mass is 771 g/mol. The van der Waals surface area contributed by atoms with Crippen LogP contribution in [0, 0.1) is 0 Å². The Hall–Kier alpha value is 0.240. The lowest BCUT2D eigenvalue weighted by molar-refractivity contribution is -0.0269. The van der Waals surface area contributed by atoms with Crippen LogP contribution in [0.5, 0.6) is 0 Å². The molecule has 1 unspecified atom stereocenters. The Kier molecular flexibility index (Phi) is 43.2. The van der Waals surface area contributed by atoms with Crippen LogP contribution < -0.4 is 0 Å². The first kappa shape index (κ1) is 51.2. The van der Waals surface area contributed by atoms with Crippen LogP contribution in [-0.2, 0) is 32.6 Å². The van der Waals surface area contributed by atoms with Gasteiger partial charge in [-0.25, -0.2) is 4.57 Å². The van der Waals surface area contributed by atoms with Crippen LogP contribution in [0.2, 0.25) is 0 Å². The fourth-order valence-corrected chi connectivity index (χ4v) is 7.12. The second kappa shape index (κ2) is 43.0. The molecule has 0 amide bonds. The molecule has 0 fully saturated rings. The summed E-state index contributed by atoms with van der Waals surface area (Å²) < 4.78 is 45.7. The van der Waals surface area contributed by atoms with Gasteiger partial charge >= 0.3 is 7.82 Å². The Labute approximate surface area is 321 Å². The molecular weight excluding hydrogens is 687 g/mol. The van der Waals surface area contributed by atoms with E-state index in [-0.39, 0.29) is 26.4 Å². The SMILES string of the molecule is CCCCCCCCCCCCCCCCOCC(COCCCCCCCCCCCCCCCC)OP(=O)(O)OCCOCCOCCCl. The number of rotatable bonds is 45. The van der Waals surface area contributed by atoms with E-state index in [1.54, 1.807) is 0 Å². The smallest absolute Gasteiger partial charge is 0.379 e. The van der Waals surface area contributed by atoms with Gasteiger partial charge in [-0.2, -0.15) is 0 Å². The highest BCUT2D eigenvalue weighted by Crippen LogP contribution is 2.44.